The molecule has 0 saturated carbocycles. The van der Waals surface area contributed by atoms with Crippen LogP contribution in [0.15, 0.2) is 0 Å². The first-order chi connectivity index (χ1) is 5.85. The lowest BCUT2D eigenvalue weighted by molar-refractivity contribution is -0.139. The molecule has 2 nitrogen and oxygen atoms in total. The minimum absolute atomic E-state index is 0.190. The summed E-state index contributed by atoms with van der Waals surface area (Å²) in [5.41, 5.74) is 0. The Kier molecular flexibility index (Phi) is 5.32. The Morgan fingerprint density at radius 3 is 2.08 bits per heavy atom. The van der Waals surface area contributed by atoms with E-state index in [1.807, 2.05) is 6.92 Å². The third-order valence-corrected chi connectivity index (χ3v) is 1.80. The van der Waals surface area contributed by atoms with Gasteiger partial charge in [0.25, 0.3) is 0 Å². The average Bonchev–Trinajstić information content (AvgIpc) is 1.97. The molecule has 13 heavy (non-hydrogen) atoms. The molecule has 0 aliphatic rings. The second-order valence-corrected chi connectivity index (χ2v) is 3.32. The first kappa shape index (κ1) is 12.7. The van der Waals surface area contributed by atoms with E-state index in [4.69, 9.17) is 0 Å². The maximum Gasteiger partial charge on any atom is 0.390 e. The van der Waals surface area contributed by atoms with Crippen molar-refractivity contribution in [1.82, 2.24) is 10.6 Å². The Labute approximate surface area is 76.9 Å². The SMILES string of the molecule is CNC(C)CNC(C)CC(F)(F)F. The van der Waals surface area contributed by atoms with Crippen molar-refractivity contribution in [3.05, 3.63) is 0 Å². The number of hydrogen-bond acceptors (Lipinski definition) is 2. The molecule has 2 atom stereocenters. The van der Waals surface area contributed by atoms with E-state index in [1.165, 1.54) is 6.92 Å². The molecule has 0 bridgehead atoms. The van der Waals surface area contributed by atoms with Crippen LogP contribution in [-0.2, 0) is 0 Å². The summed E-state index contributed by atoms with van der Waals surface area (Å²) in [6, 6.07) is -0.327. The van der Waals surface area contributed by atoms with Crippen LogP contribution in [0.3, 0.4) is 0 Å². The Balaban J connectivity index is 3.57. The van der Waals surface area contributed by atoms with Crippen molar-refractivity contribution >= 4 is 0 Å². The summed E-state index contributed by atoms with van der Waals surface area (Å²) >= 11 is 0. The van der Waals surface area contributed by atoms with Crippen LogP contribution in [0.5, 0.6) is 0 Å². The van der Waals surface area contributed by atoms with Gasteiger partial charge in [0.15, 0.2) is 0 Å². The van der Waals surface area contributed by atoms with E-state index in [-0.39, 0.29) is 6.04 Å². The summed E-state index contributed by atoms with van der Waals surface area (Å²) in [6.45, 7) is 4.00. The molecule has 5 heteroatoms. The summed E-state index contributed by atoms with van der Waals surface area (Å²) in [6.07, 6.45) is -4.85. The van der Waals surface area contributed by atoms with Crippen LogP contribution in [0.2, 0.25) is 0 Å². The zero-order valence-corrected chi connectivity index (χ0v) is 8.20. The minimum atomic E-state index is -4.07. The summed E-state index contributed by atoms with van der Waals surface area (Å²) in [5, 5.41) is 5.75. The quantitative estimate of drug-likeness (QED) is 0.700. The molecule has 0 heterocycles. The van der Waals surface area contributed by atoms with Gasteiger partial charge in [0.2, 0.25) is 0 Å². The van der Waals surface area contributed by atoms with Crippen molar-refractivity contribution in [2.45, 2.75) is 38.5 Å². The summed E-state index contributed by atoms with van der Waals surface area (Å²) in [5.74, 6) is 0. The second kappa shape index (κ2) is 5.44. The van der Waals surface area contributed by atoms with Crippen LogP contribution in [-0.4, -0.2) is 31.9 Å². The van der Waals surface area contributed by atoms with Crippen LogP contribution < -0.4 is 10.6 Å². The Morgan fingerprint density at radius 1 is 1.15 bits per heavy atom. The number of nitrogens with one attached hydrogen (secondary N) is 2. The fourth-order valence-electron chi connectivity index (χ4n) is 0.899. The monoisotopic (exact) mass is 198 g/mol. The third kappa shape index (κ3) is 8.05. The molecular formula is C8H17F3N2. The third-order valence-electron chi connectivity index (χ3n) is 1.80. The van der Waals surface area contributed by atoms with Gasteiger partial charge in [-0.2, -0.15) is 13.2 Å². The predicted octanol–water partition coefficient (Wildman–Crippen LogP) is 1.52. The van der Waals surface area contributed by atoms with E-state index in [2.05, 4.69) is 10.6 Å². The van der Waals surface area contributed by atoms with Crippen molar-refractivity contribution in [1.29, 1.82) is 0 Å². The normalized spacial score (nSPS) is 17.1. The number of alkyl halides is 3. The molecule has 0 aromatic rings. The van der Waals surface area contributed by atoms with Gasteiger partial charge in [-0.1, -0.05) is 0 Å². The minimum Gasteiger partial charge on any atom is -0.316 e. The maximum absolute atomic E-state index is 11.9. The molecule has 0 spiro atoms. The highest BCUT2D eigenvalue weighted by atomic mass is 19.4. The van der Waals surface area contributed by atoms with E-state index in [1.54, 1.807) is 7.05 Å². The van der Waals surface area contributed by atoms with Gasteiger partial charge < -0.3 is 10.6 Å². The number of hydrogen-bond donors (Lipinski definition) is 2. The van der Waals surface area contributed by atoms with Crippen LogP contribution >= 0.6 is 0 Å². The van der Waals surface area contributed by atoms with Crippen LogP contribution in [0.1, 0.15) is 20.3 Å². The van der Waals surface area contributed by atoms with Crippen LogP contribution in [0.25, 0.3) is 0 Å². The number of rotatable bonds is 5. The van der Waals surface area contributed by atoms with Gasteiger partial charge in [0.1, 0.15) is 0 Å². The smallest absolute Gasteiger partial charge is 0.316 e. The first-order valence-electron chi connectivity index (χ1n) is 4.32. The fraction of sp³-hybridized carbons (Fsp3) is 1.00. The summed E-state index contributed by atoms with van der Waals surface area (Å²) in [7, 11) is 1.78. The standard InChI is InChI=1S/C8H17F3N2/c1-6(4-8(9,10)11)13-5-7(2)12-3/h6-7,12-13H,4-5H2,1-3H3. The highest BCUT2D eigenvalue weighted by molar-refractivity contribution is 4.69. The lowest BCUT2D eigenvalue weighted by atomic mass is 10.2. The van der Waals surface area contributed by atoms with Crippen molar-refractivity contribution in [3.63, 3.8) is 0 Å². The predicted molar refractivity (Wildman–Crippen MR) is 46.7 cm³/mol. The molecule has 2 unspecified atom stereocenters. The molecule has 0 rings (SSSR count). The Morgan fingerprint density at radius 2 is 1.69 bits per heavy atom. The maximum atomic E-state index is 11.9. The lowest BCUT2D eigenvalue weighted by Gasteiger charge is -2.18. The number of halogens is 3. The summed E-state index contributed by atoms with van der Waals surface area (Å²) < 4.78 is 35.6. The van der Waals surface area contributed by atoms with E-state index in [0.717, 1.165) is 0 Å². The van der Waals surface area contributed by atoms with Crippen molar-refractivity contribution < 1.29 is 13.2 Å². The van der Waals surface area contributed by atoms with Gasteiger partial charge in [-0.25, -0.2) is 0 Å². The summed E-state index contributed by atoms with van der Waals surface area (Å²) in [4.78, 5) is 0. The molecule has 0 aromatic carbocycles. The van der Waals surface area contributed by atoms with E-state index in [9.17, 15) is 13.2 Å². The Hall–Kier alpha value is -0.290. The zero-order chi connectivity index (χ0) is 10.5. The highest BCUT2D eigenvalue weighted by Gasteiger charge is 2.29. The van der Waals surface area contributed by atoms with E-state index >= 15 is 0 Å². The Bertz CT molecular complexity index is 136. The first-order valence-corrected chi connectivity index (χ1v) is 4.32. The van der Waals surface area contributed by atoms with E-state index < -0.39 is 18.6 Å². The van der Waals surface area contributed by atoms with Crippen LogP contribution in [0, 0.1) is 0 Å². The van der Waals surface area contributed by atoms with Gasteiger partial charge in [-0.3, -0.25) is 0 Å². The van der Waals surface area contributed by atoms with Crippen LogP contribution in [0.4, 0.5) is 13.2 Å². The molecule has 80 valence electrons. The fourth-order valence-corrected chi connectivity index (χ4v) is 0.899. The van der Waals surface area contributed by atoms with Gasteiger partial charge in [-0.15, -0.1) is 0 Å². The highest BCUT2D eigenvalue weighted by Crippen LogP contribution is 2.21. The molecule has 0 aromatic heterocycles. The molecule has 0 radical (unpaired) electrons. The largest absolute Gasteiger partial charge is 0.390 e. The molecule has 0 fully saturated rings. The van der Waals surface area contributed by atoms with Crippen molar-refractivity contribution in [3.8, 4) is 0 Å². The van der Waals surface area contributed by atoms with Crippen molar-refractivity contribution in [2.75, 3.05) is 13.6 Å². The lowest BCUT2D eigenvalue weighted by Crippen LogP contribution is -2.40. The van der Waals surface area contributed by atoms with Gasteiger partial charge in [0.05, 0.1) is 6.42 Å². The zero-order valence-electron chi connectivity index (χ0n) is 8.20. The van der Waals surface area contributed by atoms with Gasteiger partial charge in [-0.05, 0) is 20.9 Å². The molecule has 0 amide bonds. The molecule has 0 aliphatic carbocycles. The average molecular weight is 198 g/mol. The van der Waals surface area contributed by atoms with E-state index in [0.29, 0.717) is 6.54 Å². The van der Waals surface area contributed by atoms with Gasteiger partial charge >= 0.3 is 6.18 Å². The number of likely N-dealkylation sites (N-methyl/N-ethyl adjacent to an activating group) is 1. The molecule has 0 aliphatic heterocycles. The molecular weight excluding hydrogens is 181 g/mol. The second-order valence-electron chi connectivity index (χ2n) is 3.32. The van der Waals surface area contributed by atoms with Gasteiger partial charge in [0, 0.05) is 18.6 Å². The molecule has 2 N–H and O–H groups in total. The topological polar surface area (TPSA) is 24.1 Å². The van der Waals surface area contributed by atoms with Crippen molar-refractivity contribution in [2.24, 2.45) is 0 Å². The molecule has 0 saturated heterocycles.